The number of hydrogen-bond acceptors (Lipinski definition) is 3. The van der Waals surface area contributed by atoms with Gasteiger partial charge >= 0.3 is 6.03 Å². The molecule has 0 bridgehead atoms. The number of urea groups is 1. The highest BCUT2D eigenvalue weighted by Crippen LogP contribution is 2.10. The Kier molecular flexibility index (Phi) is 4.28. The van der Waals surface area contributed by atoms with Crippen LogP contribution in [0.1, 0.15) is 5.56 Å². The Morgan fingerprint density at radius 3 is 2.75 bits per heavy atom. The molecule has 1 aromatic rings. The molecule has 1 rings (SSSR count). The second-order valence-electron chi connectivity index (χ2n) is 3.00. The zero-order valence-electron chi connectivity index (χ0n) is 9.24. The number of nitrogens with zero attached hydrogens (tertiary/aromatic N) is 1. The van der Waals surface area contributed by atoms with E-state index in [9.17, 15) is 4.79 Å². The van der Waals surface area contributed by atoms with Crippen molar-refractivity contribution in [3.8, 4) is 0 Å². The third kappa shape index (κ3) is 2.96. The minimum absolute atomic E-state index is 0.271. The first-order valence-electron chi connectivity index (χ1n) is 4.73. The highest BCUT2D eigenvalue weighted by molar-refractivity contribution is 6.00. The largest absolute Gasteiger partial charge is 0.341 e. The van der Waals surface area contributed by atoms with Crippen molar-refractivity contribution in [3.63, 3.8) is 0 Å². The molecule has 86 valence electrons. The smallest absolute Gasteiger partial charge is 0.318 e. The van der Waals surface area contributed by atoms with Crippen LogP contribution in [-0.2, 0) is 0 Å². The van der Waals surface area contributed by atoms with Crippen molar-refractivity contribution in [2.45, 2.75) is 0 Å². The van der Waals surface area contributed by atoms with Crippen molar-refractivity contribution < 1.29 is 4.79 Å². The molecule has 6 heteroatoms. The number of carbonyl (C=O) groups is 1. The number of nitrogens with one attached hydrogen (secondary N) is 3. The van der Waals surface area contributed by atoms with Gasteiger partial charge in [0.25, 0.3) is 0 Å². The van der Waals surface area contributed by atoms with E-state index in [0.29, 0.717) is 11.5 Å². The molecule has 0 saturated carbocycles. The van der Waals surface area contributed by atoms with Crippen LogP contribution in [0.15, 0.2) is 29.3 Å². The summed E-state index contributed by atoms with van der Waals surface area (Å²) in [7, 11) is 3.19. The molecule has 0 aliphatic rings. The number of hydrogen-bond donors (Lipinski definition) is 4. The average molecular weight is 221 g/mol. The molecule has 0 heterocycles. The van der Waals surface area contributed by atoms with Gasteiger partial charge in [0, 0.05) is 25.3 Å². The Hall–Kier alpha value is -2.08. The highest BCUT2D eigenvalue weighted by Gasteiger charge is 2.03. The summed E-state index contributed by atoms with van der Waals surface area (Å²) in [5.41, 5.74) is 3.96. The van der Waals surface area contributed by atoms with E-state index < -0.39 is 0 Å². The van der Waals surface area contributed by atoms with Gasteiger partial charge in [-0.2, -0.15) is 0 Å². The van der Waals surface area contributed by atoms with Gasteiger partial charge < -0.3 is 16.1 Å². The molecule has 0 atom stereocenters. The zero-order chi connectivity index (χ0) is 12.0. The van der Waals surface area contributed by atoms with Crippen LogP contribution in [0.4, 0.5) is 10.5 Å². The highest BCUT2D eigenvalue weighted by atomic mass is 16.2. The molecule has 0 aromatic heterocycles. The lowest BCUT2D eigenvalue weighted by Gasteiger charge is -2.08. The molecule has 16 heavy (non-hydrogen) atoms. The van der Waals surface area contributed by atoms with Crippen LogP contribution < -0.4 is 21.9 Å². The third-order valence-electron chi connectivity index (χ3n) is 1.98. The van der Waals surface area contributed by atoms with Gasteiger partial charge in [0.05, 0.1) is 0 Å². The SMILES string of the molecule is CN=C(NN)c1cccc(NC(=O)NC)c1. The molecule has 1 aromatic carbocycles. The number of amides is 2. The lowest BCUT2D eigenvalue weighted by molar-refractivity contribution is 0.254. The standard InChI is InChI=1S/C10H15N5O/c1-12-9(15-11)7-4-3-5-8(6-7)14-10(16)13-2/h3-6H,11H2,1-2H3,(H,12,15)(H2,13,14,16). The molecule has 6 nitrogen and oxygen atoms in total. The number of nitrogens with two attached hydrogens (primary N) is 1. The summed E-state index contributed by atoms with van der Waals surface area (Å²) in [6.45, 7) is 0. The van der Waals surface area contributed by atoms with Crippen LogP contribution in [0.5, 0.6) is 0 Å². The molecule has 0 unspecified atom stereocenters. The molecule has 0 aliphatic heterocycles. The second kappa shape index (κ2) is 5.72. The van der Waals surface area contributed by atoms with Crippen molar-refractivity contribution in [3.05, 3.63) is 29.8 Å². The minimum atomic E-state index is -0.271. The minimum Gasteiger partial charge on any atom is -0.341 e. The fraction of sp³-hybridized carbons (Fsp3) is 0.200. The van der Waals surface area contributed by atoms with Gasteiger partial charge in [-0.3, -0.25) is 4.99 Å². The van der Waals surface area contributed by atoms with Crippen molar-refractivity contribution in [2.75, 3.05) is 19.4 Å². The topological polar surface area (TPSA) is 91.5 Å². The first-order valence-corrected chi connectivity index (χ1v) is 4.73. The van der Waals surface area contributed by atoms with E-state index in [2.05, 4.69) is 21.1 Å². The van der Waals surface area contributed by atoms with Crippen LogP contribution in [0.25, 0.3) is 0 Å². The number of rotatable bonds is 2. The fourth-order valence-electron chi connectivity index (χ4n) is 1.21. The lowest BCUT2D eigenvalue weighted by atomic mass is 10.2. The third-order valence-corrected chi connectivity index (χ3v) is 1.98. The maximum Gasteiger partial charge on any atom is 0.318 e. The van der Waals surface area contributed by atoms with E-state index in [1.165, 1.54) is 0 Å². The van der Waals surface area contributed by atoms with Gasteiger partial charge in [0.15, 0.2) is 0 Å². The summed E-state index contributed by atoms with van der Waals surface area (Å²) >= 11 is 0. The van der Waals surface area contributed by atoms with Crippen molar-refractivity contribution in [1.29, 1.82) is 0 Å². The number of anilines is 1. The fourth-order valence-corrected chi connectivity index (χ4v) is 1.21. The van der Waals surface area contributed by atoms with Crippen LogP contribution in [0, 0.1) is 0 Å². The Morgan fingerprint density at radius 1 is 1.44 bits per heavy atom. The first-order chi connectivity index (χ1) is 7.71. The number of aliphatic imine (C=N–C) groups is 1. The van der Waals surface area contributed by atoms with Gasteiger partial charge in [-0.25, -0.2) is 10.6 Å². The molecule has 0 spiro atoms. The van der Waals surface area contributed by atoms with E-state index in [1.54, 1.807) is 26.2 Å². The van der Waals surface area contributed by atoms with Gasteiger partial charge in [-0.1, -0.05) is 12.1 Å². The summed E-state index contributed by atoms with van der Waals surface area (Å²) in [5.74, 6) is 5.87. The summed E-state index contributed by atoms with van der Waals surface area (Å²) in [6.07, 6.45) is 0. The van der Waals surface area contributed by atoms with E-state index in [1.807, 2.05) is 12.1 Å². The van der Waals surface area contributed by atoms with E-state index in [4.69, 9.17) is 5.84 Å². The van der Waals surface area contributed by atoms with Gasteiger partial charge in [0.1, 0.15) is 5.84 Å². The summed E-state index contributed by atoms with van der Waals surface area (Å²) in [4.78, 5) is 15.1. The van der Waals surface area contributed by atoms with Crippen molar-refractivity contribution in [2.24, 2.45) is 10.8 Å². The summed E-state index contributed by atoms with van der Waals surface area (Å²) in [5, 5.41) is 5.13. The van der Waals surface area contributed by atoms with Crippen LogP contribution in [-0.4, -0.2) is 26.0 Å². The molecular formula is C10H15N5O. The normalized spacial score (nSPS) is 10.8. The predicted molar refractivity (Wildman–Crippen MR) is 64.3 cm³/mol. The molecular weight excluding hydrogens is 206 g/mol. The Balaban J connectivity index is 2.90. The number of hydrazine groups is 1. The number of carbonyl (C=O) groups excluding carboxylic acids is 1. The van der Waals surface area contributed by atoms with Gasteiger partial charge in [-0.15, -0.1) is 0 Å². The molecule has 0 radical (unpaired) electrons. The number of amidine groups is 1. The first kappa shape index (κ1) is 12.0. The van der Waals surface area contributed by atoms with E-state index >= 15 is 0 Å². The van der Waals surface area contributed by atoms with Crippen molar-refractivity contribution in [1.82, 2.24) is 10.7 Å². The molecule has 0 saturated heterocycles. The summed E-state index contributed by atoms with van der Waals surface area (Å²) in [6, 6.07) is 6.94. The monoisotopic (exact) mass is 221 g/mol. The Labute approximate surface area is 93.9 Å². The van der Waals surface area contributed by atoms with E-state index in [0.717, 1.165) is 5.56 Å². The van der Waals surface area contributed by atoms with Crippen LogP contribution >= 0.6 is 0 Å². The number of benzene rings is 1. The average Bonchev–Trinajstić information content (AvgIpc) is 2.31. The zero-order valence-corrected chi connectivity index (χ0v) is 9.24. The predicted octanol–water partition coefficient (Wildman–Crippen LogP) is 0.278. The Morgan fingerprint density at radius 2 is 2.19 bits per heavy atom. The van der Waals surface area contributed by atoms with Gasteiger partial charge in [0.2, 0.25) is 0 Å². The molecule has 0 fully saturated rings. The maximum absolute atomic E-state index is 11.1. The molecule has 5 N–H and O–H groups in total. The molecule has 2 amide bonds. The van der Waals surface area contributed by atoms with Crippen molar-refractivity contribution >= 4 is 17.6 Å². The second-order valence-corrected chi connectivity index (χ2v) is 3.00. The van der Waals surface area contributed by atoms with E-state index in [-0.39, 0.29) is 6.03 Å². The Bertz CT molecular complexity index is 402. The maximum atomic E-state index is 11.1. The van der Waals surface area contributed by atoms with Gasteiger partial charge in [-0.05, 0) is 12.1 Å². The van der Waals surface area contributed by atoms with Crippen LogP contribution in [0.3, 0.4) is 0 Å². The quantitative estimate of drug-likeness (QED) is 0.250. The molecule has 0 aliphatic carbocycles. The lowest BCUT2D eigenvalue weighted by Crippen LogP contribution is -2.31. The summed E-state index contributed by atoms with van der Waals surface area (Å²) < 4.78 is 0. The van der Waals surface area contributed by atoms with Crippen LogP contribution in [0.2, 0.25) is 0 Å².